The minimum Gasteiger partial charge on any atom is -0.356 e. The van der Waals surface area contributed by atoms with Crippen LogP contribution in [-0.2, 0) is 11.2 Å². The quantitative estimate of drug-likeness (QED) is 0.808. The van der Waals surface area contributed by atoms with E-state index in [1.54, 1.807) is 4.52 Å². The van der Waals surface area contributed by atoms with Crippen molar-refractivity contribution in [3.05, 3.63) is 18.0 Å². The second-order valence-electron chi connectivity index (χ2n) is 5.84. The van der Waals surface area contributed by atoms with Gasteiger partial charge in [0.2, 0.25) is 5.91 Å². The first kappa shape index (κ1) is 15.7. The third-order valence-corrected chi connectivity index (χ3v) is 4.42. The Morgan fingerprint density at radius 2 is 1.91 bits per heavy atom. The molecule has 0 saturated carbocycles. The number of hydrogen-bond acceptors (Lipinski definition) is 5. The van der Waals surface area contributed by atoms with E-state index in [0.717, 1.165) is 56.3 Å². The number of hydrogen-bond donors (Lipinski definition) is 0. The SMILES string of the molecule is CCN(CC)c1ccc2nnc(CCC(=O)N3CCCC3)n2n1. The van der Waals surface area contributed by atoms with Crippen LogP contribution in [0.2, 0.25) is 0 Å². The van der Waals surface area contributed by atoms with Gasteiger partial charge >= 0.3 is 0 Å². The Morgan fingerprint density at radius 1 is 1.17 bits per heavy atom. The Kier molecular flexibility index (Phi) is 4.73. The molecule has 1 aliphatic heterocycles. The first-order chi connectivity index (χ1) is 11.2. The van der Waals surface area contributed by atoms with Crippen LogP contribution in [-0.4, -0.2) is 56.8 Å². The molecule has 0 radical (unpaired) electrons. The number of rotatable bonds is 6. The van der Waals surface area contributed by atoms with Crippen molar-refractivity contribution in [2.75, 3.05) is 31.1 Å². The summed E-state index contributed by atoms with van der Waals surface area (Å²) < 4.78 is 1.77. The molecule has 3 rings (SSSR count). The van der Waals surface area contributed by atoms with Crippen molar-refractivity contribution in [3.63, 3.8) is 0 Å². The lowest BCUT2D eigenvalue weighted by Gasteiger charge is -2.19. The normalized spacial score (nSPS) is 14.6. The summed E-state index contributed by atoms with van der Waals surface area (Å²) in [5.74, 6) is 1.87. The van der Waals surface area contributed by atoms with E-state index in [0.29, 0.717) is 12.8 Å². The zero-order valence-corrected chi connectivity index (χ0v) is 13.9. The smallest absolute Gasteiger partial charge is 0.223 e. The highest BCUT2D eigenvalue weighted by Crippen LogP contribution is 2.14. The summed E-state index contributed by atoms with van der Waals surface area (Å²) in [7, 11) is 0. The van der Waals surface area contributed by atoms with Gasteiger partial charge in [-0.15, -0.1) is 15.3 Å². The summed E-state index contributed by atoms with van der Waals surface area (Å²) in [6.45, 7) is 7.81. The van der Waals surface area contributed by atoms with Crippen LogP contribution in [0.1, 0.15) is 38.9 Å². The van der Waals surface area contributed by atoms with E-state index in [-0.39, 0.29) is 5.91 Å². The molecular formula is C16H24N6O. The van der Waals surface area contributed by atoms with E-state index < -0.39 is 0 Å². The van der Waals surface area contributed by atoms with Crippen LogP contribution in [0.3, 0.4) is 0 Å². The summed E-state index contributed by atoms with van der Waals surface area (Å²) >= 11 is 0. The van der Waals surface area contributed by atoms with E-state index >= 15 is 0 Å². The molecule has 2 aromatic rings. The largest absolute Gasteiger partial charge is 0.356 e. The van der Waals surface area contributed by atoms with E-state index in [1.165, 1.54) is 0 Å². The van der Waals surface area contributed by atoms with Crippen molar-refractivity contribution < 1.29 is 4.79 Å². The summed E-state index contributed by atoms with van der Waals surface area (Å²) in [6.07, 6.45) is 3.28. The number of anilines is 1. The van der Waals surface area contributed by atoms with Crippen molar-refractivity contribution in [1.29, 1.82) is 0 Å². The van der Waals surface area contributed by atoms with Gasteiger partial charge in [-0.1, -0.05) is 0 Å². The third kappa shape index (κ3) is 3.28. The number of amides is 1. The average molecular weight is 316 g/mol. The molecule has 2 aromatic heterocycles. The molecule has 23 heavy (non-hydrogen) atoms. The summed E-state index contributed by atoms with van der Waals surface area (Å²) in [4.78, 5) is 16.3. The van der Waals surface area contributed by atoms with E-state index in [9.17, 15) is 4.79 Å². The molecule has 3 heterocycles. The number of likely N-dealkylation sites (tertiary alicyclic amines) is 1. The highest BCUT2D eigenvalue weighted by atomic mass is 16.2. The van der Waals surface area contributed by atoms with Gasteiger partial charge < -0.3 is 9.80 Å². The highest BCUT2D eigenvalue weighted by molar-refractivity contribution is 5.76. The Labute approximate surface area is 136 Å². The predicted octanol–water partition coefficient (Wildman–Crippen LogP) is 1.53. The average Bonchev–Trinajstić information content (AvgIpc) is 3.23. The Balaban J connectivity index is 1.75. The minimum atomic E-state index is 0.208. The Bertz CT molecular complexity index is 672. The van der Waals surface area contributed by atoms with Gasteiger partial charge in [-0.25, -0.2) is 0 Å². The Hall–Kier alpha value is -2.18. The van der Waals surface area contributed by atoms with Gasteiger partial charge in [-0.3, -0.25) is 4.79 Å². The molecule has 1 saturated heterocycles. The molecule has 0 aromatic carbocycles. The number of nitrogens with zero attached hydrogens (tertiary/aromatic N) is 6. The monoisotopic (exact) mass is 316 g/mol. The lowest BCUT2D eigenvalue weighted by molar-refractivity contribution is -0.130. The van der Waals surface area contributed by atoms with Crippen molar-refractivity contribution >= 4 is 17.4 Å². The first-order valence-corrected chi connectivity index (χ1v) is 8.47. The standard InChI is InChI=1S/C16H24N6O/c1-3-20(4-2)15-8-7-13-17-18-14(22(13)19-15)9-10-16(23)21-11-5-6-12-21/h7-8H,3-6,9-12H2,1-2H3. The molecule has 0 unspecified atom stereocenters. The van der Waals surface area contributed by atoms with Crippen molar-refractivity contribution in [2.45, 2.75) is 39.5 Å². The first-order valence-electron chi connectivity index (χ1n) is 8.47. The zero-order valence-electron chi connectivity index (χ0n) is 13.9. The van der Waals surface area contributed by atoms with Crippen LogP contribution in [0.4, 0.5) is 5.82 Å². The summed E-state index contributed by atoms with van der Waals surface area (Å²) in [5, 5.41) is 13.0. The molecule has 1 amide bonds. The van der Waals surface area contributed by atoms with Gasteiger partial charge in [0.25, 0.3) is 0 Å². The molecule has 7 nitrogen and oxygen atoms in total. The molecule has 0 N–H and O–H groups in total. The van der Waals surface area contributed by atoms with E-state index in [1.807, 2.05) is 17.0 Å². The predicted molar refractivity (Wildman–Crippen MR) is 88.5 cm³/mol. The lowest BCUT2D eigenvalue weighted by atomic mass is 10.2. The van der Waals surface area contributed by atoms with Crippen molar-refractivity contribution in [2.24, 2.45) is 0 Å². The topological polar surface area (TPSA) is 66.6 Å². The summed E-state index contributed by atoms with van der Waals surface area (Å²) in [5.41, 5.74) is 0.726. The number of carbonyl (C=O) groups is 1. The van der Waals surface area contributed by atoms with Crippen LogP contribution >= 0.6 is 0 Å². The fraction of sp³-hybridized carbons (Fsp3) is 0.625. The van der Waals surface area contributed by atoms with Crippen LogP contribution in [0.5, 0.6) is 0 Å². The molecule has 0 spiro atoms. The van der Waals surface area contributed by atoms with Crippen molar-refractivity contribution in [3.8, 4) is 0 Å². The highest BCUT2D eigenvalue weighted by Gasteiger charge is 2.19. The maximum Gasteiger partial charge on any atom is 0.223 e. The number of carbonyl (C=O) groups excluding carboxylic acids is 1. The molecule has 0 aliphatic carbocycles. The fourth-order valence-corrected chi connectivity index (χ4v) is 3.04. The van der Waals surface area contributed by atoms with Gasteiger partial charge in [-0.2, -0.15) is 4.52 Å². The molecule has 1 fully saturated rings. The molecular weight excluding hydrogens is 292 g/mol. The van der Waals surface area contributed by atoms with Crippen LogP contribution in [0, 0.1) is 0 Å². The van der Waals surface area contributed by atoms with Crippen LogP contribution in [0.15, 0.2) is 12.1 Å². The van der Waals surface area contributed by atoms with E-state index in [4.69, 9.17) is 0 Å². The van der Waals surface area contributed by atoms with Gasteiger partial charge in [0.15, 0.2) is 11.5 Å². The van der Waals surface area contributed by atoms with Crippen LogP contribution in [0.25, 0.3) is 5.65 Å². The second kappa shape index (κ2) is 6.93. The maximum absolute atomic E-state index is 12.2. The maximum atomic E-state index is 12.2. The minimum absolute atomic E-state index is 0.208. The van der Waals surface area contributed by atoms with Gasteiger partial charge in [0.1, 0.15) is 5.82 Å². The van der Waals surface area contributed by atoms with Gasteiger partial charge in [-0.05, 0) is 38.8 Å². The van der Waals surface area contributed by atoms with E-state index in [2.05, 4.69) is 34.0 Å². The number of aryl methyl sites for hydroxylation is 1. The number of fused-ring (bicyclic) bond motifs is 1. The number of aromatic nitrogens is 4. The van der Waals surface area contributed by atoms with Gasteiger partial charge in [0.05, 0.1) is 0 Å². The molecule has 1 aliphatic rings. The Morgan fingerprint density at radius 3 is 2.61 bits per heavy atom. The summed E-state index contributed by atoms with van der Waals surface area (Å²) in [6, 6.07) is 3.90. The van der Waals surface area contributed by atoms with Crippen LogP contribution < -0.4 is 4.90 Å². The molecule has 0 atom stereocenters. The van der Waals surface area contributed by atoms with Crippen molar-refractivity contribution in [1.82, 2.24) is 24.7 Å². The molecule has 7 heteroatoms. The van der Waals surface area contributed by atoms with Gasteiger partial charge in [0, 0.05) is 39.0 Å². The fourth-order valence-electron chi connectivity index (χ4n) is 3.04. The lowest BCUT2D eigenvalue weighted by Crippen LogP contribution is -2.28. The zero-order chi connectivity index (χ0) is 16.2. The second-order valence-corrected chi connectivity index (χ2v) is 5.84. The molecule has 124 valence electrons. The third-order valence-electron chi connectivity index (χ3n) is 4.42. The molecule has 0 bridgehead atoms.